The van der Waals surface area contributed by atoms with Crippen LogP contribution in [0.15, 0.2) is 47.2 Å². The number of fused-ring (bicyclic) bond motifs is 1. The molecule has 0 bridgehead atoms. The van der Waals surface area contributed by atoms with E-state index >= 15 is 0 Å². The van der Waals surface area contributed by atoms with Crippen LogP contribution in [0.4, 0.5) is 0 Å². The molecule has 0 unspecified atom stereocenters. The lowest BCUT2D eigenvalue weighted by Crippen LogP contribution is -2.28. The summed E-state index contributed by atoms with van der Waals surface area (Å²) >= 11 is 3.34. The molecule has 5 nitrogen and oxygen atoms in total. The van der Waals surface area contributed by atoms with Crippen molar-refractivity contribution >= 4 is 27.5 Å². The van der Waals surface area contributed by atoms with Gasteiger partial charge in [0, 0.05) is 18.5 Å². The molecule has 1 N–H and O–H groups in total. The van der Waals surface area contributed by atoms with Crippen molar-refractivity contribution in [2.24, 2.45) is 0 Å². The number of hydrogen-bond donors (Lipinski definition) is 1. The Morgan fingerprint density at radius 3 is 2.78 bits per heavy atom. The highest BCUT2D eigenvalue weighted by Crippen LogP contribution is 2.18. The van der Waals surface area contributed by atoms with Crippen LogP contribution < -0.4 is 5.32 Å². The maximum Gasteiger partial charge on any atom is 0.272 e. The molecule has 2 aromatic heterocycles. The Bertz CT molecular complexity index is 841. The van der Waals surface area contributed by atoms with Gasteiger partial charge >= 0.3 is 0 Å². The third-order valence-corrected chi connectivity index (χ3v) is 4.12. The summed E-state index contributed by atoms with van der Waals surface area (Å²) in [5.41, 5.74) is 3.30. The molecule has 0 aliphatic rings. The van der Waals surface area contributed by atoms with Gasteiger partial charge in [-0.1, -0.05) is 36.8 Å². The van der Waals surface area contributed by atoms with Crippen molar-refractivity contribution in [2.75, 3.05) is 0 Å². The van der Waals surface area contributed by atoms with Gasteiger partial charge in [0.05, 0.1) is 10.5 Å². The summed E-state index contributed by atoms with van der Waals surface area (Å²) in [5, 5.41) is 7.32. The summed E-state index contributed by atoms with van der Waals surface area (Å²) in [7, 11) is 0. The third-order valence-electron chi connectivity index (χ3n) is 3.71. The number of aryl methyl sites for hydroxylation is 1. The summed E-state index contributed by atoms with van der Waals surface area (Å²) in [6.45, 7) is 4.10. The Balaban J connectivity index is 1.82. The highest BCUT2D eigenvalue weighted by molar-refractivity contribution is 9.10. The molecule has 1 atom stereocenters. The van der Waals surface area contributed by atoms with Crippen LogP contribution in [0.3, 0.4) is 0 Å². The number of benzene rings is 1. The van der Waals surface area contributed by atoms with Gasteiger partial charge in [0.2, 0.25) is 0 Å². The molecule has 0 spiro atoms. The quantitative estimate of drug-likeness (QED) is 0.759. The van der Waals surface area contributed by atoms with Crippen LogP contribution in [0, 0.1) is 6.92 Å². The summed E-state index contributed by atoms with van der Waals surface area (Å²) in [6, 6.07) is 9.85. The number of amides is 1. The highest BCUT2D eigenvalue weighted by atomic mass is 79.9. The maximum absolute atomic E-state index is 12.5. The number of carbonyl (C=O) groups excluding carboxylic acids is 1. The van der Waals surface area contributed by atoms with Crippen LogP contribution in [0.2, 0.25) is 0 Å². The zero-order valence-corrected chi connectivity index (χ0v) is 14.5. The molecule has 23 heavy (non-hydrogen) atoms. The standard InChI is InChI=1S/C17H17BrN4O/c1-3-14(12-6-4-11(2)5-7-12)20-17(23)15-8-16-19-9-13(18)10-22(16)21-15/h4-10,14H,3H2,1-2H3,(H,20,23)/t14-/m1/s1. The number of aromatic nitrogens is 3. The van der Waals surface area contributed by atoms with Crippen molar-refractivity contribution in [3.63, 3.8) is 0 Å². The van der Waals surface area contributed by atoms with Gasteiger partial charge in [-0.05, 0) is 34.8 Å². The van der Waals surface area contributed by atoms with Crippen molar-refractivity contribution in [3.05, 3.63) is 64.0 Å². The molecule has 6 heteroatoms. The van der Waals surface area contributed by atoms with Crippen LogP contribution in [0.5, 0.6) is 0 Å². The fraction of sp³-hybridized carbons (Fsp3) is 0.235. The van der Waals surface area contributed by atoms with E-state index in [1.54, 1.807) is 23.0 Å². The van der Waals surface area contributed by atoms with E-state index in [-0.39, 0.29) is 11.9 Å². The average molecular weight is 373 g/mol. The lowest BCUT2D eigenvalue weighted by molar-refractivity contribution is 0.0930. The van der Waals surface area contributed by atoms with Crippen LogP contribution in [0.1, 0.15) is 41.0 Å². The molecule has 0 saturated heterocycles. The fourth-order valence-electron chi connectivity index (χ4n) is 2.42. The largest absolute Gasteiger partial charge is 0.344 e. The second kappa shape index (κ2) is 6.50. The van der Waals surface area contributed by atoms with Crippen molar-refractivity contribution < 1.29 is 4.79 Å². The zero-order valence-electron chi connectivity index (χ0n) is 13.0. The first-order valence-electron chi connectivity index (χ1n) is 7.45. The molecule has 0 aliphatic heterocycles. The minimum atomic E-state index is -0.195. The Labute approximate surface area is 142 Å². The first kappa shape index (κ1) is 15.7. The van der Waals surface area contributed by atoms with Crippen LogP contribution in [0.25, 0.3) is 5.65 Å². The Morgan fingerprint density at radius 1 is 1.35 bits per heavy atom. The second-order valence-corrected chi connectivity index (χ2v) is 6.37. The van der Waals surface area contributed by atoms with Crippen LogP contribution in [-0.4, -0.2) is 20.5 Å². The molecule has 3 aromatic rings. The van der Waals surface area contributed by atoms with E-state index in [1.807, 2.05) is 26.0 Å². The lowest BCUT2D eigenvalue weighted by atomic mass is 10.0. The van der Waals surface area contributed by atoms with Gasteiger partial charge in [-0.25, -0.2) is 9.50 Å². The average Bonchev–Trinajstić information content (AvgIpc) is 2.96. The molecule has 1 aromatic carbocycles. The maximum atomic E-state index is 12.5. The normalized spacial score (nSPS) is 12.3. The summed E-state index contributed by atoms with van der Waals surface area (Å²) in [4.78, 5) is 16.7. The number of hydrogen-bond acceptors (Lipinski definition) is 3. The monoisotopic (exact) mass is 372 g/mol. The van der Waals surface area contributed by atoms with Crippen molar-refractivity contribution in [3.8, 4) is 0 Å². The van der Waals surface area contributed by atoms with Crippen molar-refractivity contribution in [1.82, 2.24) is 19.9 Å². The van der Waals surface area contributed by atoms with Gasteiger partial charge in [0.1, 0.15) is 0 Å². The topological polar surface area (TPSA) is 59.3 Å². The molecular weight excluding hydrogens is 356 g/mol. The van der Waals surface area contributed by atoms with Gasteiger partial charge in [-0.3, -0.25) is 4.79 Å². The minimum Gasteiger partial charge on any atom is -0.344 e. The highest BCUT2D eigenvalue weighted by Gasteiger charge is 2.17. The number of rotatable bonds is 4. The van der Waals surface area contributed by atoms with Crippen molar-refractivity contribution in [1.29, 1.82) is 0 Å². The summed E-state index contributed by atoms with van der Waals surface area (Å²) in [5.74, 6) is -0.195. The number of carbonyl (C=O) groups is 1. The van der Waals surface area contributed by atoms with Crippen molar-refractivity contribution in [2.45, 2.75) is 26.3 Å². The van der Waals surface area contributed by atoms with E-state index in [0.29, 0.717) is 11.3 Å². The molecule has 0 saturated carbocycles. The number of nitrogens with zero attached hydrogens (tertiary/aromatic N) is 3. The fourth-order valence-corrected chi connectivity index (χ4v) is 2.71. The van der Waals surface area contributed by atoms with Crippen LogP contribution >= 0.6 is 15.9 Å². The molecule has 1 amide bonds. The summed E-state index contributed by atoms with van der Waals surface area (Å²) < 4.78 is 2.40. The first-order chi connectivity index (χ1) is 11.1. The number of halogens is 1. The Morgan fingerprint density at radius 2 is 2.09 bits per heavy atom. The predicted molar refractivity (Wildman–Crippen MR) is 92.4 cm³/mol. The number of nitrogens with one attached hydrogen (secondary N) is 1. The van der Waals surface area contributed by atoms with Gasteiger partial charge in [-0.15, -0.1) is 0 Å². The molecule has 0 radical (unpaired) electrons. The molecule has 118 valence electrons. The predicted octanol–water partition coefficient (Wildman–Crippen LogP) is 3.68. The van der Waals surface area contributed by atoms with E-state index in [9.17, 15) is 4.79 Å². The van der Waals surface area contributed by atoms with Gasteiger partial charge in [0.25, 0.3) is 5.91 Å². The van der Waals surface area contributed by atoms with Gasteiger partial charge < -0.3 is 5.32 Å². The van der Waals surface area contributed by atoms with Crippen LogP contribution in [-0.2, 0) is 0 Å². The van der Waals surface area contributed by atoms with E-state index in [4.69, 9.17) is 0 Å². The summed E-state index contributed by atoms with van der Waals surface area (Å²) in [6.07, 6.45) is 4.27. The molecule has 3 rings (SSSR count). The third kappa shape index (κ3) is 3.42. The zero-order chi connectivity index (χ0) is 16.4. The van der Waals surface area contributed by atoms with E-state index < -0.39 is 0 Å². The van der Waals surface area contributed by atoms with E-state index in [0.717, 1.165) is 16.5 Å². The molecular formula is C17H17BrN4O. The SMILES string of the molecule is CC[C@@H](NC(=O)c1cc2ncc(Br)cn2n1)c1ccc(C)cc1. The first-order valence-corrected chi connectivity index (χ1v) is 8.24. The Hall–Kier alpha value is -2.21. The Kier molecular flexibility index (Phi) is 4.43. The molecule has 0 aliphatic carbocycles. The van der Waals surface area contributed by atoms with E-state index in [2.05, 4.69) is 43.5 Å². The lowest BCUT2D eigenvalue weighted by Gasteiger charge is -2.16. The van der Waals surface area contributed by atoms with Gasteiger partial charge in [-0.2, -0.15) is 5.10 Å². The van der Waals surface area contributed by atoms with Gasteiger partial charge in [0.15, 0.2) is 11.3 Å². The second-order valence-electron chi connectivity index (χ2n) is 5.45. The molecule has 2 heterocycles. The van der Waals surface area contributed by atoms with E-state index in [1.165, 1.54) is 5.56 Å². The minimum absolute atomic E-state index is 0.0346. The smallest absolute Gasteiger partial charge is 0.272 e. The molecule has 0 fully saturated rings.